The maximum Gasteiger partial charge on any atom is 0.220 e. The second-order valence-corrected chi connectivity index (χ2v) is 5.33. The number of hydrogen-bond acceptors (Lipinski definition) is 3. The smallest absolute Gasteiger partial charge is 0.220 e. The van der Waals surface area contributed by atoms with Crippen LogP contribution < -0.4 is 16.0 Å². The number of carbonyl (C=O) groups excluding carboxylic acids is 2. The van der Waals surface area contributed by atoms with Crippen molar-refractivity contribution in [2.45, 2.75) is 45.8 Å². The van der Waals surface area contributed by atoms with E-state index in [0.717, 1.165) is 25.1 Å². The van der Waals surface area contributed by atoms with Crippen LogP contribution in [0.25, 0.3) is 0 Å². The third-order valence-electron chi connectivity index (χ3n) is 3.54. The van der Waals surface area contributed by atoms with Crippen molar-refractivity contribution >= 4 is 11.8 Å². The Morgan fingerprint density at radius 1 is 1.10 bits per heavy atom. The van der Waals surface area contributed by atoms with Gasteiger partial charge in [-0.2, -0.15) is 0 Å². The number of carbonyl (C=O) groups is 2. The normalized spacial score (nSPS) is 12.8. The van der Waals surface area contributed by atoms with Crippen LogP contribution in [0.5, 0.6) is 0 Å². The minimum absolute atomic E-state index is 0.0596. The van der Waals surface area contributed by atoms with Gasteiger partial charge in [0, 0.05) is 39.0 Å². The molecule has 5 heteroatoms. The zero-order chi connectivity index (χ0) is 15.1. The molecule has 0 spiro atoms. The molecule has 114 valence electrons. The summed E-state index contributed by atoms with van der Waals surface area (Å²) in [4.78, 5) is 23.1. The van der Waals surface area contributed by atoms with Crippen LogP contribution in [0.1, 0.15) is 42.9 Å². The maximum atomic E-state index is 11.7. The second kappa shape index (κ2) is 7.78. The zero-order valence-electron chi connectivity index (χ0n) is 12.5. The summed E-state index contributed by atoms with van der Waals surface area (Å²) in [6.07, 6.45) is 1.40. The van der Waals surface area contributed by atoms with Gasteiger partial charge in [0.05, 0.1) is 0 Å². The van der Waals surface area contributed by atoms with Crippen LogP contribution >= 0.6 is 0 Å². The molecular formula is C16H23N3O2. The van der Waals surface area contributed by atoms with Crippen LogP contribution in [0, 0.1) is 0 Å². The number of benzene rings is 1. The van der Waals surface area contributed by atoms with Gasteiger partial charge in [-0.1, -0.05) is 25.1 Å². The zero-order valence-corrected chi connectivity index (χ0v) is 12.5. The molecule has 0 atom stereocenters. The number of hydrogen-bond donors (Lipinski definition) is 3. The van der Waals surface area contributed by atoms with E-state index in [1.54, 1.807) is 0 Å². The minimum atomic E-state index is -0.0831. The molecule has 2 amide bonds. The number of amides is 2. The van der Waals surface area contributed by atoms with Crippen LogP contribution in [0.2, 0.25) is 0 Å². The van der Waals surface area contributed by atoms with E-state index >= 15 is 0 Å². The monoisotopic (exact) mass is 289 g/mol. The Bertz CT molecular complexity index is 514. The first-order valence-corrected chi connectivity index (χ1v) is 7.54. The van der Waals surface area contributed by atoms with Crippen molar-refractivity contribution in [2.24, 2.45) is 0 Å². The summed E-state index contributed by atoms with van der Waals surface area (Å²) in [6.45, 7) is 5.01. The predicted octanol–water partition coefficient (Wildman–Crippen LogP) is 1.21. The van der Waals surface area contributed by atoms with Gasteiger partial charge < -0.3 is 16.0 Å². The van der Waals surface area contributed by atoms with Crippen molar-refractivity contribution in [3.8, 4) is 0 Å². The van der Waals surface area contributed by atoms with E-state index in [0.29, 0.717) is 13.1 Å². The molecular weight excluding hydrogens is 266 g/mol. The Morgan fingerprint density at radius 2 is 1.81 bits per heavy atom. The van der Waals surface area contributed by atoms with E-state index in [2.05, 4.69) is 28.1 Å². The van der Waals surface area contributed by atoms with Gasteiger partial charge in [-0.15, -0.1) is 0 Å². The molecule has 0 unspecified atom stereocenters. The highest BCUT2D eigenvalue weighted by atomic mass is 16.2. The fraction of sp³-hybridized carbons (Fsp3) is 0.500. The van der Waals surface area contributed by atoms with Crippen molar-refractivity contribution in [3.63, 3.8) is 0 Å². The quantitative estimate of drug-likeness (QED) is 0.706. The van der Waals surface area contributed by atoms with Crippen molar-refractivity contribution in [1.29, 1.82) is 0 Å². The fourth-order valence-corrected chi connectivity index (χ4v) is 2.33. The lowest BCUT2D eigenvalue weighted by molar-refractivity contribution is -0.126. The third kappa shape index (κ3) is 4.86. The highest BCUT2D eigenvalue weighted by Gasteiger charge is 2.10. The number of fused-ring (bicyclic) bond motifs is 1. The molecule has 0 aromatic heterocycles. The summed E-state index contributed by atoms with van der Waals surface area (Å²) in [5.74, 6) is -0.143. The van der Waals surface area contributed by atoms with E-state index in [1.165, 1.54) is 11.1 Å². The van der Waals surface area contributed by atoms with E-state index < -0.39 is 0 Å². The highest BCUT2D eigenvalue weighted by Crippen LogP contribution is 2.16. The summed E-state index contributed by atoms with van der Waals surface area (Å²) in [6, 6.07) is 6.28. The average molecular weight is 289 g/mol. The van der Waals surface area contributed by atoms with E-state index in [4.69, 9.17) is 0 Å². The first-order chi connectivity index (χ1) is 10.2. The molecule has 0 fully saturated rings. The maximum absolute atomic E-state index is 11.7. The molecule has 0 saturated heterocycles. The second-order valence-electron chi connectivity index (χ2n) is 5.33. The third-order valence-corrected chi connectivity index (χ3v) is 3.54. The molecule has 1 heterocycles. The van der Waals surface area contributed by atoms with Crippen LogP contribution in [0.15, 0.2) is 18.2 Å². The summed E-state index contributed by atoms with van der Waals surface area (Å²) in [7, 11) is 0. The van der Waals surface area contributed by atoms with E-state index in [1.807, 2.05) is 13.0 Å². The van der Waals surface area contributed by atoms with E-state index in [9.17, 15) is 9.59 Å². The van der Waals surface area contributed by atoms with Gasteiger partial charge >= 0.3 is 0 Å². The highest BCUT2D eigenvalue weighted by molar-refractivity contribution is 5.83. The lowest BCUT2D eigenvalue weighted by Gasteiger charge is -2.07. The summed E-state index contributed by atoms with van der Waals surface area (Å²) < 4.78 is 0. The number of rotatable bonds is 7. The van der Waals surface area contributed by atoms with Gasteiger partial charge in [-0.05, 0) is 23.1 Å². The lowest BCUT2D eigenvalue weighted by atomic mass is 10.1. The van der Waals surface area contributed by atoms with Crippen LogP contribution in [-0.4, -0.2) is 18.4 Å². The van der Waals surface area contributed by atoms with Gasteiger partial charge in [-0.3, -0.25) is 9.59 Å². The SMILES string of the molecule is CCCNC(=O)CCC(=O)NCc1ccc2c(c1)CNC2. The van der Waals surface area contributed by atoms with Gasteiger partial charge in [0.25, 0.3) is 0 Å². The molecule has 1 aromatic carbocycles. The van der Waals surface area contributed by atoms with Crippen LogP contribution in [0.3, 0.4) is 0 Å². The standard InChI is InChI=1S/C16H23N3O2/c1-2-7-18-15(20)5-6-16(21)19-9-12-3-4-13-10-17-11-14(13)8-12/h3-4,8,17H,2,5-7,9-11H2,1H3,(H,18,20)(H,19,21). The molecule has 1 aliphatic rings. The number of nitrogens with one attached hydrogen (secondary N) is 3. The molecule has 2 rings (SSSR count). The van der Waals surface area contributed by atoms with Gasteiger partial charge in [0.15, 0.2) is 0 Å². The van der Waals surface area contributed by atoms with Crippen LogP contribution in [0.4, 0.5) is 0 Å². The van der Waals surface area contributed by atoms with Gasteiger partial charge in [-0.25, -0.2) is 0 Å². The molecule has 0 saturated carbocycles. The summed E-state index contributed by atoms with van der Waals surface area (Å²) in [5, 5.41) is 8.92. The molecule has 0 aliphatic carbocycles. The lowest BCUT2D eigenvalue weighted by Crippen LogP contribution is -2.28. The molecule has 21 heavy (non-hydrogen) atoms. The van der Waals surface area contributed by atoms with Crippen molar-refractivity contribution in [1.82, 2.24) is 16.0 Å². The topological polar surface area (TPSA) is 70.2 Å². The molecule has 1 aromatic rings. The summed E-state index contributed by atoms with van der Waals surface area (Å²) in [5.41, 5.74) is 3.74. The first kappa shape index (κ1) is 15.5. The van der Waals surface area contributed by atoms with Crippen molar-refractivity contribution in [2.75, 3.05) is 6.54 Å². The Kier molecular flexibility index (Phi) is 5.75. The van der Waals surface area contributed by atoms with Gasteiger partial charge in [0.1, 0.15) is 0 Å². The Hall–Kier alpha value is -1.88. The van der Waals surface area contributed by atoms with Crippen molar-refractivity contribution < 1.29 is 9.59 Å². The fourth-order valence-electron chi connectivity index (χ4n) is 2.33. The first-order valence-electron chi connectivity index (χ1n) is 7.54. The Morgan fingerprint density at radius 3 is 2.57 bits per heavy atom. The Labute approximate surface area is 125 Å². The van der Waals surface area contributed by atoms with E-state index in [-0.39, 0.29) is 24.7 Å². The van der Waals surface area contributed by atoms with Crippen LogP contribution in [-0.2, 0) is 29.2 Å². The summed E-state index contributed by atoms with van der Waals surface area (Å²) >= 11 is 0. The molecule has 3 N–H and O–H groups in total. The molecule has 1 aliphatic heterocycles. The average Bonchev–Trinajstić information content (AvgIpc) is 2.96. The molecule has 5 nitrogen and oxygen atoms in total. The van der Waals surface area contributed by atoms with Crippen molar-refractivity contribution in [3.05, 3.63) is 34.9 Å². The largest absolute Gasteiger partial charge is 0.356 e. The molecule has 0 bridgehead atoms. The van der Waals surface area contributed by atoms with Gasteiger partial charge in [0.2, 0.25) is 11.8 Å². The minimum Gasteiger partial charge on any atom is -0.356 e. The predicted molar refractivity (Wildman–Crippen MR) is 81.4 cm³/mol. The molecule has 0 radical (unpaired) electrons. The Balaban J connectivity index is 1.70.